The zero-order chi connectivity index (χ0) is 14.3. The van der Waals surface area contributed by atoms with Crippen LogP contribution >= 0.6 is 15.9 Å². The average Bonchev–Trinajstić information content (AvgIpc) is 2.68. The Morgan fingerprint density at radius 1 is 1.32 bits per heavy atom. The van der Waals surface area contributed by atoms with Crippen LogP contribution in [0, 0.1) is 6.92 Å². The van der Waals surface area contributed by atoms with Crippen LogP contribution in [0.15, 0.2) is 21.5 Å². The fourth-order valence-electron chi connectivity index (χ4n) is 2.59. The number of benzene rings is 1. The largest absolute Gasteiger partial charge is 0.398 e. The minimum atomic E-state index is -3.54. The summed E-state index contributed by atoms with van der Waals surface area (Å²) in [6.45, 7) is 3.70. The lowest BCUT2D eigenvalue weighted by Gasteiger charge is -2.25. The second-order valence-corrected chi connectivity index (χ2v) is 8.06. The highest BCUT2D eigenvalue weighted by atomic mass is 79.9. The Labute approximate surface area is 122 Å². The lowest BCUT2D eigenvalue weighted by atomic mass is 10.0. The van der Waals surface area contributed by atoms with Gasteiger partial charge >= 0.3 is 0 Å². The molecule has 0 atom stereocenters. The van der Waals surface area contributed by atoms with Crippen LogP contribution in [-0.4, -0.2) is 14.0 Å². The number of nitrogen functional groups attached to an aromatic ring is 1. The van der Waals surface area contributed by atoms with Crippen molar-refractivity contribution in [3.63, 3.8) is 0 Å². The first-order chi connectivity index (χ1) is 8.73. The summed E-state index contributed by atoms with van der Waals surface area (Å²) in [4.78, 5) is 0.257. The molecule has 1 fully saturated rings. The number of sulfonamides is 1. The van der Waals surface area contributed by atoms with Gasteiger partial charge in [0.05, 0.1) is 4.90 Å². The first kappa shape index (κ1) is 14.8. The van der Waals surface area contributed by atoms with Crippen LogP contribution in [-0.2, 0) is 10.0 Å². The smallest absolute Gasteiger partial charge is 0.241 e. The molecule has 0 bridgehead atoms. The molecule has 0 heterocycles. The number of anilines is 1. The fourth-order valence-corrected chi connectivity index (χ4v) is 4.98. The van der Waals surface area contributed by atoms with Gasteiger partial charge in [-0.1, -0.05) is 28.8 Å². The molecule has 19 heavy (non-hydrogen) atoms. The van der Waals surface area contributed by atoms with Crippen LogP contribution in [0.2, 0.25) is 0 Å². The highest BCUT2D eigenvalue weighted by molar-refractivity contribution is 9.10. The number of nitrogens with one attached hydrogen (secondary N) is 1. The Hall–Kier alpha value is -0.590. The summed E-state index contributed by atoms with van der Waals surface area (Å²) in [6.07, 6.45) is 3.90. The molecule has 0 spiro atoms. The Balaban J connectivity index is 2.40. The normalized spacial score (nSPS) is 18.7. The van der Waals surface area contributed by atoms with E-state index < -0.39 is 10.0 Å². The van der Waals surface area contributed by atoms with Crippen LogP contribution in [0.3, 0.4) is 0 Å². The summed E-state index contributed by atoms with van der Waals surface area (Å²) in [7, 11) is -3.54. The van der Waals surface area contributed by atoms with Gasteiger partial charge in [-0.05, 0) is 44.4 Å². The van der Waals surface area contributed by atoms with E-state index in [0.717, 1.165) is 25.7 Å². The van der Waals surface area contributed by atoms with Gasteiger partial charge in [0.15, 0.2) is 0 Å². The van der Waals surface area contributed by atoms with E-state index >= 15 is 0 Å². The van der Waals surface area contributed by atoms with Gasteiger partial charge in [0.1, 0.15) is 0 Å². The average molecular weight is 347 g/mol. The second-order valence-electron chi connectivity index (χ2n) is 5.49. The van der Waals surface area contributed by atoms with Crippen molar-refractivity contribution in [3.8, 4) is 0 Å². The molecule has 6 heteroatoms. The SMILES string of the molecule is Cc1c(N)cc(Br)cc1S(=O)(=O)NC1(C)CCCC1. The van der Waals surface area contributed by atoms with E-state index in [2.05, 4.69) is 20.7 Å². The number of halogens is 1. The van der Waals surface area contributed by atoms with Gasteiger partial charge in [-0.2, -0.15) is 0 Å². The highest BCUT2D eigenvalue weighted by Gasteiger charge is 2.34. The minimum Gasteiger partial charge on any atom is -0.398 e. The molecule has 0 aromatic heterocycles. The lowest BCUT2D eigenvalue weighted by Crippen LogP contribution is -2.43. The summed E-state index contributed by atoms with van der Waals surface area (Å²) >= 11 is 3.29. The van der Waals surface area contributed by atoms with Gasteiger partial charge in [-0.3, -0.25) is 0 Å². The van der Waals surface area contributed by atoms with Crippen LogP contribution < -0.4 is 10.5 Å². The molecule has 0 radical (unpaired) electrons. The fraction of sp³-hybridized carbons (Fsp3) is 0.538. The maximum absolute atomic E-state index is 12.5. The van der Waals surface area contributed by atoms with Crippen LogP contribution in [0.4, 0.5) is 5.69 Å². The summed E-state index contributed by atoms with van der Waals surface area (Å²) in [5, 5.41) is 0. The number of hydrogen-bond acceptors (Lipinski definition) is 3. The van der Waals surface area contributed by atoms with Crippen LogP contribution in [0.1, 0.15) is 38.2 Å². The van der Waals surface area contributed by atoms with Crippen molar-refractivity contribution in [2.24, 2.45) is 0 Å². The van der Waals surface area contributed by atoms with Crippen molar-refractivity contribution < 1.29 is 8.42 Å². The van der Waals surface area contributed by atoms with Crippen molar-refractivity contribution in [2.75, 3.05) is 5.73 Å². The van der Waals surface area contributed by atoms with Gasteiger partial charge in [0.2, 0.25) is 10.0 Å². The van der Waals surface area contributed by atoms with Crippen molar-refractivity contribution in [3.05, 3.63) is 22.2 Å². The number of rotatable bonds is 3. The monoisotopic (exact) mass is 346 g/mol. The third-order valence-electron chi connectivity index (χ3n) is 3.74. The molecular weight excluding hydrogens is 328 g/mol. The summed E-state index contributed by atoms with van der Waals surface area (Å²) < 4.78 is 28.6. The maximum Gasteiger partial charge on any atom is 0.241 e. The van der Waals surface area contributed by atoms with Crippen LogP contribution in [0.5, 0.6) is 0 Å². The van der Waals surface area contributed by atoms with Crippen molar-refractivity contribution >= 4 is 31.6 Å². The number of hydrogen-bond donors (Lipinski definition) is 2. The van der Waals surface area contributed by atoms with Crippen molar-refractivity contribution in [2.45, 2.75) is 50.0 Å². The van der Waals surface area contributed by atoms with E-state index in [0.29, 0.717) is 15.7 Å². The molecule has 2 rings (SSSR count). The summed E-state index contributed by atoms with van der Waals surface area (Å²) in [6, 6.07) is 3.32. The first-order valence-electron chi connectivity index (χ1n) is 6.33. The molecule has 0 unspecified atom stereocenters. The van der Waals surface area contributed by atoms with Crippen LogP contribution in [0.25, 0.3) is 0 Å². The molecule has 1 saturated carbocycles. The maximum atomic E-state index is 12.5. The Kier molecular flexibility index (Phi) is 3.95. The van der Waals surface area contributed by atoms with Gasteiger partial charge in [0.25, 0.3) is 0 Å². The quantitative estimate of drug-likeness (QED) is 0.826. The summed E-state index contributed by atoms with van der Waals surface area (Å²) in [5.74, 6) is 0. The van der Waals surface area contributed by atoms with Gasteiger partial charge in [-0.15, -0.1) is 0 Å². The zero-order valence-corrected chi connectivity index (χ0v) is 13.6. The van der Waals surface area contributed by atoms with Crippen molar-refractivity contribution in [1.82, 2.24) is 4.72 Å². The molecule has 1 aromatic carbocycles. The topological polar surface area (TPSA) is 72.2 Å². The third kappa shape index (κ3) is 3.12. The van der Waals surface area contributed by atoms with E-state index in [1.807, 2.05) is 6.92 Å². The molecule has 0 aliphatic heterocycles. The molecular formula is C13H19BrN2O2S. The van der Waals surface area contributed by atoms with Gasteiger partial charge in [0, 0.05) is 15.7 Å². The third-order valence-corrected chi connectivity index (χ3v) is 5.96. The zero-order valence-electron chi connectivity index (χ0n) is 11.2. The molecule has 106 valence electrons. The highest BCUT2D eigenvalue weighted by Crippen LogP contribution is 2.32. The lowest BCUT2D eigenvalue weighted by molar-refractivity contribution is 0.427. The molecule has 1 aliphatic carbocycles. The second kappa shape index (κ2) is 5.07. The minimum absolute atomic E-state index is 0.257. The van der Waals surface area contributed by atoms with E-state index in [1.54, 1.807) is 19.1 Å². The van der Waals surface area contributed by atoms with E-state index in [4.69, 9.17) is 5.73 Å². The Morgan fingerprint density at radius 2 is 1.89 bits per heavy atom. The predicted octanol–water partition coefficient (Wildman–Crippen LogP) is 2.95. The number of nitrogens with two attached hydrogens (primary N) is 1. The molecule has 0 amide bonds. The predicted molar refractivity (Wildman–Crippen MR) is 80.5 cm³/mol. The molecule has 1 aliphatic rings. The molecule has 1 aromatic rings. The first-order valence-corrected chi connectivity index (χ1v) is 8.61. The standard InChI is InChI=1S/C13H19BrN2O2S/c1-9-11(15)7-10(14)8-12(9)19(17,18)16-13(2)5-3-4-6-13/h7-8,16H,3-6,15H2,1-2H3. The van der Waals surface area contributed by atoms with Gasteiger partial charge < -0.3 is 5.73 Å². The van der Waals surface area contributed by atoms with Gasteiger partial charge in [-0.25, -0.2) is 13.1 Å². The molecule has 3 N–H and O–H groups in total. The van der Waals surface area contributed by atoms with E-state index in [1.165, 1.54) is 0 Å². The van der Waals surface area contributed by atoms with E-state index in [9.17, 15) is 8.42 Å². The van der Waals surface area contributed by atoms with E-state index in [-0.39, 0.29) is 10.4 Å². The summed E-state index contributed by atoms with van der Waals surface area (Å²) in [5.41, 5.74) is 6.58. The van der Waals surface area contributed by atoms with Crippen molar-refractivity contribution in [1.29, 1.82) is 0 Å². The molecule has 0 saturated heterocycles. The molecule has 4 nitrogen and oxygen atoms in total. The Bertz CT molecular complexity index is 593. The Morgan fingerprint density at radius 3 is 2.47 bits per heavy atom.